The molecule has 1 aliphatic heterocycles. The van der Waals surface area contributed by atoms with Crippen molar-refractivity contribution in [3.8, 4) is 0 Å². The maximum atomic E-state index is 13.1. The number of hydrogen-bond donors (Lipinski definition) is 1. The maximum Gasteiger partial charge on any atom is 0.339 e. The van der Waals surface area contributed by atoms with E-state index in [0.717, 1.165) is 19.3 Å². The molecule has 2 aliphatic rings. The number of amides is 1. The molecule has 1 amide bonds. The second-order valence-electron chi connectivity index (χ2n) is 8.71. The summed E-state index contributed by atoms with van der Waals surface area (Å²) in [4.78, 5) is 36.5. The van der Waals surface area contributed by atoms with E-state index in [1.807, 2.05) is 0 Å². The highest BCUT2D eigenvalue weighted by Gasteiger charge is 2.35. The Labute approximate surface area is 194 Å². The van der Waals surface area contributed by atoms with Gasteiger partial charge in [0, 0.05) is 19.1 Å². The summed E-state index contributed by atoms with van der Waals surface area (Å²) >= 11 is 0. The average molecular weight is 481 g/mol. The van der Waals surface area contributed by atoms with Crippen LogP contribution in [0.4, 0.5) is 0 Å². The molecule has 0 aromatic heterocycles. The Balaban J connectivity index is 1.51. The number of carbonyl (C=O) groups is 3. The lowest BCUT2D eigenvalue weighted by Crippen LogP contribution is -2.44. The molecule has 1 saturated carbocycles. The van der Waals surface area contributed by atoms with E-state index in [4.69, 9.17) is 9.47 Å². The highest BCUT2D eigenvalue weighted by Crippen LogP contribution is 2.27. The summed E-state index contributed by atoms with van der Waals surface area (Å²) in [5.41, 5.74) is -0.0279. The van der Waals surface area contributed by atoms with Gasteiger partial charge in [0.15, 0.2) is 6.61 Å². The van der Waals surface area contributed by atoms with Crippen LogP contribution < -0.4 is 5.32 Å². The number of sulfonamides is 1. The second kappa shape index (κ2) is 11.1. The van der Waals surface area contributed by atoms with Crippen LogP contribution in [0.2, 0.25) is 0 Å². The van der Waals surface area contributed by atoms with Crippen molar-refractivity contribution < 1.29 is 32.3 Å². The van der Waals surface area contributed by atoms with Crippen molar-refractivity contribution in [3.05, 3.63) is 29.8 Å². The number of methoxy groups -OCH3 is 1. The fourth-order valence-electron chi connectivity index (χ4n) is 4.47. The van der Waals surface area contributed by atoms with Crippen LogP contribution in [0.1, 0.15) is 55.8 Å². The van der Waals surface area contributed by atoms with Crippen molar-refractivity contribution in [2.75, 3.05) is 26.8 Å². The fourth-order valence-corrected chi connectivity index (χ4v) is 6.12. The van der Waals surface area contributed by atoms with Crippen LogP contribution in [-0.4, -0.2) is 63.4 Å². The minimum atomic E-state index is -3.93. The standard InChI is InChI=1S/C23H32N2O7S/c1-16-7-3-5-9-19(16)24-21(26)15-32-22(27)17-11-13-25(14-12-17)33(29,30)20-10-6-4-8-18(20)23(28)31-2/h4,6,8,10,16-17,19H,3,5,7,9,11-15H2,1-2H3,(H,24,26)/t16-,19-/m1/s1. The minimum absolute atomic E-state index is 0.0279. The van der Waals surface area contributed by atoms with E-state index in [-0.39, 0.29) is 54.9 Å². The highest BCUT2D eigenvalue weighted by atomic mass is 32.2. The molecule has 1 aromatic carbocycles. The molecule has 2 atom stereocenters. The molecule has 10 heteroatoms. The lowest BCUT2D eigenvalue weighted by Gasteiger charge is -2.31. The van der Waals surface area contributed by atoms with Crippen molar-refractivity contribution in [1.82, 2.24) is 9.62 Å². The van der Waals surface area contributed by atoms with Crippen molar-refractivity contribution in [3.63, 3.8) is 0 Å². The van der Waals surface area contributed by atoms with Crippen LogP contribution in [0, 0.1) is 11.8 Å². The van der Waals surface area contributed by atoms with Crippen molar-refractivity contribution in [2.24, 2.45) is 11.8 Å². The predicted octanol–water partition coefficient (Wildman–Crippen LogP) is 2.11. The summed E-state index contributed by atoms with van der Waals surface area (Å²) in [7, 11) is -2.73. The Bertz CT molecular complexity index is 971. The smallest absolute Gasteiger partial charge is 0.339 e. The third-order valence-electron chi connectivity index (χ3n) is 6.50. The lowest BCUT2D eigenvalue weighted by atomic mass is 9.86. The van der Waals surface area contributed by atoms with E-state index in [1.54, 1.807) is 12.1 Å². The quantitative estimate of drug-likeness (QED) is 0.594. The van der Waals surface area contributed by atoms with Gasteiger partial charge < -0.3 is 14.8 Å². The van der Waals surface area contributed by atoms with Gasteiger partial charge >= 0.3 is 11.9 Å². The Kier molecular flexibility index (Phi) is 8.47. The monoisotopic (exact) mass is 480 g/mol. The fraction of sp³-hybridized carbons (Fsp3) is 0.609. The topological polar surface area (TPSA) is 119 Å². The number of carbonyl (C=O) groups excluding carboxylic acids is 3. The molecular formula is C23H32N2O7S. The molecule has 2 fully saturated rings. The number of hydrogen-bond acceptors (Lipinski definition) is 7. The molecule has 9 nitrogen and oxygen atoms in total. The van der Waals surface area contributed by atoms with Crippen LogP contribution in [0.25, 0.3) is 0 Å². The van der Waals surface area contributed by atoms with Gasteiger partial charge in [0.2, 0.25) is 10.0 Å². The molecule has 0 bridgehead atoms. The van der Waals surface area contributed by atoms with Gasteiger partial charge in [0.05, 0.1) is 23.5 Å². The van der Waals surface area contributed by atoms with Gasteiger partial charge in [0.25, 0.3) is 5.91 Å². The van der Waals surface area contributed by atoms with Crippen molar-refractivity contribution in [2.45, 2.75) is 56.4 Å². The summed E-state index contributed by atoms with van der Waals surface area (Å²) < 4.78 is 37.3. The molecule has 1 aliphatic carbocycles. The van der Waals surface area contributed by atoms with Crippen molar-refractivity contribution in [1.29, 1.82) is 0 Å². The van der Waals surface area contributed by atoms with Crippen LogP contribution in [0.15, 0.2) is 29.2 Å². The van der Waals surface area contributed by atoms with E-state index in [0.29, 0.717) is 5.92 Å². The molecule has 0 spiro atoms. The first kappa shape index (κ1) is 25.2. The van der Waals surface area contributed by atoms with E-state index in [1.165, 1.54) is 30.0 Å². The van der Waals surface area contributed by atoms with E-state index in [2.05, 4.69) is 12.2 Å². The average Bonchev–Trinajstić information content (AvgIpc) is 2.83. The molecule has 1 N–H and O–H groups in total. The third kappa shape index (κ3) is 6.11. The third-order valence-corrected chi connectivity index (χ3v) is 8.46. The van der Waals surface area contributed by atoms with Crippen LogP contribution in [0.3, 0.4) is 0 Å². The van der Waals surface area contributed by atoms with Gasteiger partial charge in [-0.2, -0.15) is 4.31 Å². The van der Waals surface area contributed by atoms with E-state index in [9.17, 15) is 22.8 Å². The number of ether oxygens (including phenoxy) is 2. The zero-order valence-corrected chi connectivity index (χ0v) is 19.9. The second-order valence-corrected chi connectivity index (χ2v) is 10.6. The zero-order valence-electron chi connectivity index (χ0n) is 19.1. The molecule has 0 radical (unpaired) electrons. The first-order valence-corrected chi connectivity index (χ1v) is 12.8. The minimum Gasteiger partial charge on any atom is -0.465 e. The number of nitrogens with zero attached hydrogens (tertiary/aromatic N) is 1. The van der Waals surface area contributed by atoms with Gasteiger partial charge in [0.1, 0.15) is 0 Å². The number of benzene rings is 1. The van der Waals surface area contributed by atoms with Crippen molar-refractivity contribution >= 4 is 27.9 Å². The molecule has 1 aromatic rings. The molecular weight excluding hydrogens is 448 g/mol. The van der Waals surface area contributed by atoms with Gasteiger partial charge in [-0.25, -0.2) is 13.2 Å². The summed E-state index contributed by atoms with van der Waals surface area (Å²) in [5.74, 6) is -1.59. The maximum absolute atomic E-state index is 13.1. The number of piperidine rings is 1. The number of esters is 2. The summed E-state index contributed by atoms with van der Waals surface area (Å²) in [6.45, 7) is 2.02. The normalized spacial score (nSPS) is 22.4. The van der Waals surface area contributed by atoms with Crippen LogP contribution in [0.5, 0.6) is 0 Å². The highest BCUT2D eigenvalue weighted by molar-refractivity contribution is 7.89. The van der Waals surface area contributed by atoms with Gasteiger partial charge in [-0.05, 0) is 43.7 Å². The van der Waals surface area contributed by atoms with E-state index >= 15 is 0 Å². The van der Waals surface area contributed by atoms with Gasteiger partial charge in [-0.1, -0.05) is 31.9 Å². The Morgan fingerprint density at radius 3 is 2.39 bits per heavy atom. The SMILES string of the molecule is COC(=O)c1ccccc1S(=O)(=O)N1CCC(C(=O)OCC(=O)N[C@@H]2CCCC[C@H]2C)CC1. The predicted molar refractivity (Wildman–Crippen MR) is 120 cm³/mol. The number of nitrogens with one attached hydrogen (secondary N) is 1. The zero-order chi connectivity index (χ0) is 24.0. The van der Waals surface area contributed by atoms with Gasteiger partial charge in [-0.15, -0.1) is 0 Å². The molecule has 1 heterocycles. The summed E-state index contributed by atoms with van der Waals surface area (Å²) in [5, 5.41) is 2.95. The Morgan fingerprint density at radius 1 is 1.06 bits per heavy atom. The lowest BCUT2D eigenvalue weighted by molar-refractivity contribution is -0.154. The summed E-state index contributed by atoms with van der Waals surface area (Å²) in [6, 6.07) is 6.00. The Hall–Kier alpha value is -2.46. The Morgan fingerprint density at radius 2 is 1.73 bits per heavy atom. The van der Waals surface area contributed by atoms with E-state index < -0.39 is 27.9 Å². The largest absolute Gasteiger partial charge is 0.465 e. The molecule has 3 rings (SSSR count). The van der Waals surface area contributed by atoms with Gasteiger partial charge in [-0.3, -0.25) is 9.59 Å². The van der Waals surface area contributed by atoms with Crippen LogP contribution >= 0.6 is 0 Å². The molecule has 33 heavy (non-hydrogen) atoms. The number of rotatable bonds is 7. The first-order valence-electron chi connectivity index (χ1n) is 11.4. The van der Waals surface area contributed by atoms with Crippen LogP contribution in [-0.2, 0) is 29.1 Å². The molecule has 0 unspecified atom stereocenters. The molecule has 1 saturated heterocycles. The first-order chi connectivity index (χ1) is 15.7. The summed E-state index contributed by atoms with van der Waals surface area (Å²) in [6.07, 6.45) is 4.83. The molecule has 182 valence electrons.